The highest BCUT2D eigenvalue weighted by atomic mass is 16.5. The molecule has 2 fully saturated rings. The molecular formula is C35H43N3O2. The predicted molar refractivity (Wildman–Crippen MR) is 161 cm³/mol. The Morgan fingerprint density at radius 3 is 2.58 bits per heavy atom. The molecular weight excluding hydrogens is 494 g/mol. The Hall–Kier alpha value is -3.52. The molecule has 1 amide bonds. The molecule has 210 valence electrons. The van der Waals surface area contributed by atoms with Crippen LogP contribution in [0, 0.1) is 17.2 Å². The quantitative estimate of drug-likeness (QED) is 0.400. The lowest BCUT2D eigenvalue weighted by Crippen LogP contribution is -2.36. The molecule has 3 aliphatic rings. The van der Waals surface area contributed by atoms with Gasteiger partial charge in [-0.05, 0) is 92.2 Å². The topological polar surface area (TPSA) is 65.4 Å². The molecule has 2 aromatic rings. The van der Waals surface area contributed by atoms with E-state index in [1.807, 2.05) is 24.3 Å². The van der Waals surface area contributed by atoms with Crippen molar-refractivity contribution in [1.29, 1.82) is 5.26 Å². The van der Waals surface area contributed by atoms with E-state index >= 15 is 0 Å². The van der Waals surface area contributed by atoms with E-state index < -0.39 is 0 Å². The zero-order chi connectivity index (χ0) is 27.7. The molecule has 1 saturated carbocycles. The lowest BCUT2D eigenvalue weighted by atomic mass is 9.89. The van der Waals surface area contributed by atoms with E-state index in [-0.39, 0.29) is 5.91 Å². The summed E-state index contributed by atoms with van der Waals surface area (Å²) >= 11 is 0. The number of rotatable bonds is 7. The van der Waals surface area contributed by atoms with Crippen molar-refractivity contribution in [2.45, 2.75) is 83.1 Å². The highest BCUT2D eigenvalue weighted by molar-refractivity contribution is 5.78. The van der Waals surface area contributed by atoms with Crippen molar-refractivity contribution in [1.82, 2.24) is 10.2 Å². The maximum absolute atomic E-state index is 12.6. The van der Waals surface area contributed by atoms with Crippen LogP contribution >= 0.6 is 0 Å². The molecule has 1 heterocycles. The minimum atomic E-state index is 0.245. The number of methoxy groups -OCH3 is 1. The SMILES string of the molecule is CO/C1=C(N2CCCC(CCC(=O)NC3CCCCC3)CC2)/C=C\CCc2c1cccc2-c1ccc(C#N)cc1. The molecule has 5 heteroatoms. The summed E-state index contributed by atoms with van der Waals surface area (Å²) in [5.41, 5.74) is 6.62. The average Bonchev–Trinajstić information content (AvgIpc) is 3.23. The van der Waals surface area contributed by atoms with Gasteiger partial charge in [-0.25, -0.2) is 0 Å². The van der Waals surface area contributed by atoms with E-state index in [1.54, 1.807) is 7.11 Å². The lowest BCUT2D eigenvalue weighted by Gasteiger charge is -2.28. The normalized spacial score (nSPS) is 22.7. The molecule has 0 spiro atoms. The number of carbonyl (C=O) groups is 1. The van der Waals surface area contributed by atoms with Crippen molar-refractivity contribution >= 4 is 11.7 Å². The van der Waals surface area contributed by atoms with Gasteiger partial charge in [0.05, 0.1) is 24.4 Å². The number of amides is 1. The van der Waals surface area contributed by atoms with Crippen LogP contribution in [0.25, 0.3) is 16.9 Å². The second-order valence-electron chi connectivity index (χ2n) is 11.6. The average molecular weight is 538 g/mol. The van der Waals surface area contributed by atoms with Gasteiger partial charge in [-0.3, -0.25) is 4.79 Å². The summed E-state index contributed by atoms with van der Waals surface area (Å²) < 4.78 is 6.16. The molecule has 40 heavy (non-hydrogen) atoms. The van der Waals surface area contributed by atoms with Crippen molar-refractivity contribution in [2.75, 3.05) is 20.2 Å². The van der Waals surface area contributed by atoms with Gasteiger partial charge in [0.2, 0.25) is 5.91 Å². The minimum Gasteiger partial charge on any atom is -0.494 e. The number of hydrogen-bond donors (Lipinski definition) is 1. The summed E-state index contributed by atoms with van der Waals surface area (Å²) in [5, 5.41) is 12.5. The van der Waals surface area contributed by atoms with Gasteiger partial charge in [0.1, 0.15) is 5.76 Å². The fourth-order valence-electron chi connectivity index (χ4n) is 6.74. The molecule has 1 N–H and O–H groups in total. The first kappa shape index (κ1) is 28.0. The minimum absolute atomic E-state index is 0.245. The summed E-state index contributed by atoms with van der Waals surface area (Å²) in [4.78, 5) is 15.1. The van der Waals surface area contributed by atoms with Crippen LogP contribution in [0.3, 0.4) is 0 Å². The van der Waals surface area contributed by atoms with E-state index in [0.29, 0.717) is 23.9 Å². The number of nitrogens with zero attached hydrogens (tertiary/aromatic N) is 2. The standard InChI is InChI=1S/C35H43N3O2/c1-40-35-32-14-7-13-30(28-19-16-27(25-36)17-20-28)31(32)12-5-6-15-33(35)38-23-8-9-26(22-24-38)18-21-34(39)37-29-10-3-2-4-11-29/h6-7,13-17,19-20,26,29H,2-5,8-12,18,21-24H2,1H3,(H,37,39)/b15-6-,35-33-. The Kier molecular flexibility index (Phi) is 9.60. The van der Waals surface area contributed by atoms with E-state index in [0.717, 1.165) is 80.6 Å². The van der Waals surface area contributed by atoms with Crippen LogP contribution in [-0.4, -0.2) is 37.0 Å². The molecule has 0 bridgehead atoms. The number of fused-ring (bicyclic) bond motifs is 1. The molecule has 1 aliphatic heterocycles. The highest BCUT2D eigenvalue weighted by Gasteiger charge is 2.25. The number of carbonyl (C=O) groups excluding carboxylic acids is 1. The summed E-state index contributed by atoms with van der Waals surface area (Å²) in [6, 6.07) is 17.0. The second-order valence-corrected chi connectivity index (χ2v) is 11.6. The van der Waals surface area contributed by atoms with E-state index in [1.165, 1.54) is 36.8 Å². The van der Waals surface area contributed by atoms with E-state index in [4.69, 9.17) is 4.74 Å². The number of nitriles is 1. The van der Waals surface area contributed by atoms with Crippen LogP contribution in [0.4, 0.5) is 0 Å². The number of likely N-dealkylation sites (tertiary alicyclic amines) is 1. The molecule has 0 radical (unpaired) electrons. The number of allylic oxidation sites excluding steroid dienone is 2. The Morgan fingerprint density at radius 1 is 1.00 bits per heavy atom. The van der Waals surface area contributed by atoms with Gasteiger partial charge < -0.3 is 15.0 Å². The Morgan fingerprint density at radius 2 is 1.80 bits per heavy atom. The molecule has 2 aromatic carbocycles. The largest absolute Gasteiger partial charge is 0.494 e. The highest BCUT2D eigenvalue weighted by Crippen LogP contribution is 2.36. The number of benzene rings is 2. The van der Waals surface area contributed by atoms with Gasteiger partial charge in [-0.15, -0.1) is 0 Å². The predicted octanol–water partition coefficient (Wildman–Crippen LogP) is 7.37. The second kappa shape index (κ2) is 13.7. The maximum Gasteiger partial charge on any atom is 0.220 e. The Balaban J connectivity index is 1.30. The van der Waals surface area contributed by atoms with Crippen molar-refractivity contribution in [2.24, 2.45) is 5.92 Å². The maximum atomic E-state index is 12.6. The zero-order valence-corrected chi connectivity index (χ0v) is 24.0. The van der Waals surface area contributed by atoms with Crippen molar-refractivity contribution in [3.05, 3.63) is 77.0 Å². The number of nitrogens with one attached hydrogen (secondary N) is 1. The molecule has 5 nitrogen and oxygen atoms in total. The van der Waals surface area contributed by atoms with Gasteiger partial charge >= 0.3 is 0 Å². The first-order valence-electron chi connectivity index (χ1n) is 15.3. The Labute approximate surface area is 239 Å². The van der Waals surface area contributed by atoms with Crippen LogP contribution in [0.1, 0.15) is 87.3 Å². The van der Waals surface area contributed by atoms with Gasteiger partial charge in [0, 0.05) is 31.1 Å². The van der Waals surface area contributed by atoms with Crippen molar-refractivity contribution in [3.8, 4) is 17.2 Å². The third kappa shape index (κ3) is 6.78. The lowest BCUT2D eigenvalue weighted by molar-refractivity contribution is -0.122. The van der Waals surface area contributed by atoms with Crippen LogP contribution in [-0.2, 0) is 16.0 Å². The van der Waals surface area contributed by atoms with Gasteiger partial charge in [-0.1, -0.05) is 55.7 Å². The first-order chi connectivity index (χ1) is 19.7. The van der Waals surface area contributed by atoms with Crippen molar-refractivity contribution < 1.29 is 9.53 Å². The van der Waals surface area contributed by atoms with Gasteiger partial charge in [-0.2, -0.15) is 5.26 Å². The van der Waals surface area contributed by atoms with Gasteiger partial charge in [0.15, 0.2) is 0 Å². The third-order valence-electron chi connectivity index (χ3n) is 8.96. The smallest absolute Gasteiger partial charge is 0.220 e. The van der Waals surface area contributed by atoms with Crippen LogP contribution in [0.15, 0.2) is 60.3 Å². The van der Waals surface area contributed by atoms with Gasteiger partial charge in [0.25, 0.3) is 0 Å². The zero-order valence-electron chi connectivity index (χ0n) is 24.0. The summed E-state index contributed by atoms with van der Waals surface area (Å²) in [6.45, 7) is 1.98. The summed E-state index contributed by atoms with van der Waals surface area (Å²) in [5.74, 6) is 1.77. The molecule has 2 aliphatic carbocycles. The fraction of sp³-hybridized carbons (Fsp3) is 0.486. The fourth-order valence-corrected chi connectivity index (χ4v) is 6.74. The number of ether oxygens (including phenoxy) is 1. The monoisotopic (exact) mass is 537 g/mol. The Bertz CT molecular complexity index is 1260. The molecule has 1 saturated heterocycles. The summed E-state index contributed by atoms with van der Waals surface area (Å²) in [6.07, 6.45) is 17.6. The van der Waals surface area contributed by atoms with E-state index in [2.05, 4.69) is 46.6 Å². The molecule has 1 atom stereocenters. The van der Waals surface area contributed by atoms with Crippen LogP contribution in [0.2, 0.25) is 0 Å². The van der Waals surface area contributed by atoms with Crippen molar-refractivity contribution in [3.63, 3.8) is 0 Å². The number of hydrogen-bond acceptors (Lipinski definition) is 4. The summed E-state index contributed by atoms with van der Waals surface area (Å²) in [7, 11) is 1.79. The van der Waals surface area contributed by atoms with E-state index in [9.17, 15) is 10.1 Å². The third-order valence-corrected chi connectivity index (χ3v) is 8.96. The van der Waals surface area contributed by atoms with Crippen LogP contribution < -0.4 is 5.32 Å². The van der Waals surface area contributed by atoms with Crippen LogP contribution in [0.5, 0.6) is 0 Å². The molecule has 5 rings (SSSR count). The molecule has 1 unspecified atom stereocenters. The first-order valence-corrected chi connectivity index (χ1v) is 15.3. The molecule has 0 aromatic heterocycles.